The molecule has 16 heavy (non-hydrogen) atoms. The first-order chi connectivity index (χ1) is 7.60. The van der Waals surface area contributed by atoms with Crippen molar-refractivity contribution < 1.29 is 9.84 Å². The zero-order valence-electron chi connectivity index (χ0n) is 10.6. The van der Waals surface area contributed by atoms with Gasteiger partial charge in [0.2, 0.25) is 0 Å². The van der Waals surface area contributed by atoms with Gasteiger partial charge in [0.1, 0.15) is 0 Å². The second-order valence-corrected chi connectivity index (χ2v) is 5.75. The van der Waals surface area contributed by atoms with Crippen molar-refractivity contribution in [1.29, 1.82) is 0 Å². The summed E-state index contributed by atoms with van der Waals surface area (Å²) in [6.07, 6.45) is 5.40. The highest BCUT2D eigenvalue weighted by atomic mass is 16.5. The summed E-state index contributed by atoms with van der Waals surface area (Å²) in [7, 11) is 0. The Morgan fingerprint density at radius 3 is 2.75 bits per heavy atom. The lowest BCUT2D eigenvalue weighted by Crippen LogP contribution is -2.64. The molecule has 2 aliphatic rings. The second kappa shape index (κ2) is 5.03. The summed E-state index contributed by atoms with van der Waals surface area (Å²) in [5, 5.41) is 10.1. The number of rotatable bonds is 5. The topological polar surface area (TPSA) is 32.7 Å². The van der Waals surface area contributed by atoms with E-state index in [0.717, 1.165) is 26.2 Å². The minimum atomic E-state index is -0.413. The lowest BCUT2D eigenvalue weighted by Gasteiger charge is -2.49. The Kier molecular flexibility index (Phi) is 3.88. The Hall–Kier alpha value is -0.120. The fraction of sp³-hybridized carbons (Fsp3) is 1.00. The second-order valence-electron chi connectivity index (χ2n) is 5.75. The van der Waals surface area contributed by atoms with Crippen LogP contribution >= 0.6 is 0 Å². The summed E-state index contributed by atoms with van der Waals surface area (Å²) < 4.78 is 5.60. The van der Waals surface area contributed by atoms with Crippen molar-refractivity contribution in [3.05, 3.63) is 0 Å². The Labute approximate surface area is 98.8 Å². The molecule has 0 radical (unpaired) electrons. The van der Waals surface area contributed by atoms with Gasteiger partial charge in [-0.25, -0.2) is 0 Å². The van der Waals surface area contributed by atoms with Gasteiger partial charge >= 0.3 is 0 Å². The molecule has 2 rings (SSSR count). The van der Waals surface area contributed by atoms with E-state index in [-0.39, 0.29) is 0 Å². The Morgan fingerprint density at radius 1 is 1.44 bits per heavy atom. The van der Waals surface area contributed by atoms with Gasteiger partial charge in [0.15, 0.2) is 0 Å². The third kappa shape index (κ3) is 2.76. The van der Waals surface area contributed by atoms with Crippen LogP contribution in [0.4, 0.5) is 0 Å². The van der Waals surface area contributed by atoms with Crippen molar-refractivity contribution in [2.24, 2.45) is 5.92 Å². The van der Waals surface area contributed by atoms with E-state index in [4.69, 9.17) is 4.74 Å². The molecule has 0 spiro atoms. The summed E-state index contributed by atoms with van der Waals surface area (Å²) in [6.45, 7) is 8.00. The maximum atomic E-state index is 10.1. The molecule has 2 aliphatic heterocycles. The van der Waals surface area contributed by atoms with Crippen molar-refractivity contribution in [2.75, 3.05) is 26.2 Å². The molecule has 0 saturated carbocycles. The smallest absolute Gasteiger partial charge is 0.0922 e. The van der Waals surface area contributed by atoms with Crippen LogP contribution in [-0.2, 0) is 4.74 Å². The highest BCUT2D eigenvalue weighted by Gasteiger charge is 2.42. The van der Waals surface area contributed by atoms with Crippen molar-refractivity contribution in [2.45, 2.75) is 51.2 Å². The van der Waals surface area contributed by atoms with Crippen LogP contribution in [0, 0.1) is 5.92 Å². The van der Waals surface area contributed by atoms with Crippen LogP contribution in [0.2, 0.25) is 0 Å². The fourth-order valence-corrected chi connectivity index (χ4v) is 2.67. The van der Waals surface area contributed by atoms with Gasteiger partial charge in [-0.2, -0.15) is 0 Å². The Balaban J connectivity index is 1.56. The van der Waals surface area contributed by atoms with Gasteiger partial charge < -0.3 is 9.84 Å². The minimum absolute atomic E-state index is 0.377. The third-order valence-electron chi connectivity index (χ3n) is 4.09. The van der Waals surface area contributed by atoms with Gasteiger partial charge in [-0.1, -0.05) is 13.8 Å². The molecule has 0 bridgehead atoms. The van der Waals surface area contributed by atoms with E-state index in [9.17, 15) is 5.11 Å². The maximum absolute atomic E-state index is 10.1. The van der Waals surface area contributed by atoms with Crippen LogP contribution in [0.5, 0.6) is 0 Å². The first kappa shape index (κ1) is 12.3. The molecule has 2 heterocycles. The number of β-amino-alcohol motifs (C(OH)–C–C–N with tert-alkyl or cyclic N) is 1. The van der Waals surface area contributed by atoms with Gasteiger partial charge in [-0.15, -0.1) is 0 Å². The van der Waals surface area contributed by atoms with E-state index in [2.05, 4.69) is 18.7 Å². The first-order valence-electron chi connectivity index (χ1n) is 6.66. The standard InChI is InChI=1S/C13H25NO2/c1-11(2)13(15)9-14(10-13)7-3-5-12-6-4-8-16-12/h11-12,15H,3-10H2,1-2H3. The monoisotopic (exact) mass is 227 g/mol. The summed E-state index contributed by atoms with van der Waals surface area (Å²) in [4.78, 5) is 2.36. The van der Waals surface area contributed by atoms with E-state index >= 15 is 0 Å². The minimum Gasteiger partial charge on any atom is -0.387 e. The molecule has 2 saturated heterocycles. The molecule has 3 heteroatoms. The van der Waals surface area contributed by atoms with E-state index in [1.54, 1.807) is 0 Å². The summed E-state index contributed by atoms with van der Waals surface area (Å²) in [5.41, 5.74) is -0.413. The van der Waals surface area contributed by atoms with Gasteiger partial charge in [0.25, 0.3) is 0 Å². The van der Waals surface area contributed by atoms with Gasteiger partial charge in [0, 0.05) is 19.7 Å². The summed E-state index contributed by atoms with van der Waals surface area (Å²) >= 11 is 0. The molecule has 0 amide bonds. The largest absolute Gasteiger partial charge is 0.387 e. The van der Waals surface area contributed by atoms with Crippen LogP contribution in [0.25, 0.3) is 0 Å². The number of hydrogen-bond acceptors (Lipinski definition) is 3. The molecular weight excluding hydrogens is 202 g/mol. The summed E-state index contributed by atoms with van der Waals surface area (Å²) in [6, 6.07) is 0. The first-order valence-corrected chi connectivity index (χ1v) is 6.66. The van der Waals surface area contributed by atoms with Crippen molar-refractivity contribution >= 4 is 0 Å². The number of aliphatic hydroxyl groups is 1. The van der Waals surface area contributed by atoms with Crippen LogP contribution in [0.1, 0.15) is 39.5 Å². The lowest BCUT2D eigenvalue weighted by molar-refractivity contribution is -0.127. The number of ether oxygens (including phenoxy) is 1. The van der Waals surface area contributed by atoms with Crippen molar-refractivity contribution in [3.8, 4) is 0 Å². The molecule has 94 valence electrons. The number of nitrogens with zero attached hydrogens (tertiary/aromatic N) is 1. The van der Waals surface area contributed by atoms with E-state index in [1.807, 2.05) is 0 Å². The van der Waals surface area contributed by atoms with Crippen LogP contribution in [0.15, 0.2) is 0 Å². The quantitative estimate of drug-likeness (QED) is 0.775. The van der Waals surface area contributed by atoms with Crippen LogP contribution in [-0.4, -0.2) is 48.0 Å². The lowest BCUT2D eigenvalue weighted by atomic mass is 9.83. The van der Waals surface area contributed by atoms with Crippen molar-refractivity contribution in [3.63, 3.8) is 0 Å². The normalized spacial score (nSPS) is 29.6. The molecule has 1 atom stereocenters. The van der Waals surface area contributed by atoms with E-state index in [1.165, 1.54) is 25.7 Å². The van der Waals surface area contributed by atoms with Gasteiger partial charge in [-0.3, -0.25) is 4.90 Å². The molecule has 0 aromatic heterocycles. The van der Waals surface area contributed by atoms with Gasteiger partial charge in [-0.05, 0) is 38.1 Å². The fourth-order valence-electron chi connectivity index (χ4n) is 2.67. The average Bonchev–Trinajstić information content (AvgIpc) is 2.67. The van der Waals surface area contributed by atoms with Gasteiger partial charge in [0.05, 0.1) is 11.7 Å². The molecule has 0 aromatic carbocycles. The van der Waals surface area contributed by atoms with E-state index in [0.29, 0.717) is 12.0 Å². The molecule has 2 fully saturated rings. The Bertz CT molecular complexity index is 218. The zero-order chi connectivity index (χ0) is 11.6. The Morgan fingerprint density at radius 2 is 2.19 bits per heavy atom. The number of likely N-dealkylation sites (tertiary alicyclic amines) is 1. The van der Waals surface area contributed by atoms with Crippen LogP contribution < -0.4 is 0 Å². The van der Waals surface area contributed by atoms with E-state index < -0.39 is 5.60 Å². The highest BCUT2D eigenvalue weighted by Crippen LogP contribution is 2.28. The predicted molar refractivity (Wildman–Crippen MR) is 64.4 cm³/mol. The molecule has 1 N–H and O–H groups in total. The zero-order valence-corrected chi connectivity index (χ0v) is 10.6. The summed E-state index contributed by atoms with van der Waals surface area (Å²) in [5.74, 6) is 0.377. The molecule has 0 aromatic rings. The number of hydrogen-bond donors (Lipinski definition) is 1. The highest BCUT2D eigenvalue weighted by molar-refractivity contribution is 4.97. The predicted octanol–water partition coefficient (Wildman–Crippen LogP) is 1.65. The average molecular weight is 227 g/mol. The molecule has 3 nitrogen and oxygen atoms in total. The SMILES string of the molecule is CC(C)C1(O)CN(CCCC2CCCO2)C1. The van der Waals surface area contributed by atoms with Crippen molar-refractivity contribution in [1.82, 2.24) is 4.90 Å². The molecule has 1 unspecified atom stereocenters. The molecular formula is C13H25NO2. The van der Waals surface area contributed by atoms with Crippen LogP contribution in [0.3, 0.4) is 0 Å². The third-order valence-corrected chi connectivity index (χ3v) is 4.09. The maximum Gasteiger partial charge on any atom is 0.0922 e. The molecule has 0 aliphatic carbocycles.